The van der Waals surface area contributed by atoms with Gasteiger partial charge in [0.05, 0.1) is 11.9 Å². The number of rotatable bonds is 4. The molecule has 0 aromatic carbocycles. The molecule has 1 aliphatic heterocycles. The summed E-state index contributed by atoms with van der Waals surface area (Å²) in [6.07, 6.45) is 1.73. The van der Waals surface area contributed by atoms with Gasteiger partial charge in [-0.25, -0.2) is 12.7 Å². The van der Waals surface area contributed by atoms with Crippen molar-refractivity contribution in [2.24, 2.45) is 0 Å². The SMILES string of the molecule is CC(CO)S(=O)(=O)N(C)C1CCN(C)CC1. The van der Waals surface area contributed by atoms with Gasteiger partial charge < -0.3 is 10.0 Å². The fourth-order valence-electron chi connectivity index (χ4n) is 1.94. The minimum absolute atomic E-state index is 0.0789. The van der Waals surface area contributed by atoms with Gasteiger partial charge in [0.25, 0.3) is 0 Å². The highest BCUT2D eigenvalue weighted by Crippen LogP contribution is 2.19. The van der Waals surface area contributed by atoms with Gasteiger partial charge in [-0.1, -0.05) is 0 Å². The van der Waals surface area contributed by atoms with E-state index in [1.165, 1.54) is 4.31 Å². The van der Waals surface area contributed by atoms with Crippen molar-refractivity contribution in [2.45, 2.75) is 31.1 Å². The first-order valence-electron chi connectivity index (χ1n) is 5.66. The Hall–Kier alpha value is -0.170. The van der Waals surface area contributed by atoms with Crippen molar-refractivity contribution in [1.82, 2.24) is 9.21 Å². The summed E-state index contributed by atoms with van der Waals surface area (Å²) >= 11 is 0. The maximum absolute atomic E-state index is 12.0. The Bertz CT molecular complexity index is 310. The number of aliphatic hydroxyl groups excluding tert-OH is 1. The van der Waals surface area contributed by atoms with Crippen LogP contribution in [0.25, 0.3) is 0 Å². The summed E-state index contributed by atoms with van der Waals surface area (Å²) in [5.74, 6) is 0. The number of aliphatic hydroxyl groups is 1. The lowest BCUT2D eigenvalue weighted by molar-refractivity contribution is 0.195. The van der Waals surface area contributed by atoms with E-state index in [1.807, 2.05) is 7.05 Å². The molecule has 16 heavy (non-hydrogen) atoms. The van der Waals surface area contributed by atoms with Gasteiger partial charge in [0.2, 0.25) is 10.0 Å². The number of likely N-dealkylation sites (tertiary alicyclic amines) is 1. The lowest BCUT2D eigenvalue weighted by Crippen LogP contribution is -2.47. The Morgan fingerprint density at radius 1 is 1.44 bits per heavy atom. The third kappa shape index (κ3) is 2.94. The molecule has 1 unspecified atom stereocenters. The number of sulfonamides is 1. The predicted octanol–water partition coefficient (Wildman–Crippen LogP) is -0.277. The van der Waals surface area contributed by atoms with Crippen LogP contribution in [0, 0.1) is 0 Å². The molecule has 1 rings (SSSR count). The van der Waals surface area contributed by atoms with Crippen LogP contribution in [0.15, 0.2) is 0 Å². The van der Waals surface area contributed by atoms with Crippen molar-refractivity contribution in [3.63, 3.8) is 0 Å². The maximum atomic E-state index is 12.0. The highest BCUT2D eigenvalue weighted by atomic mass is 32.2. The van der Waals surface area contributed by atoms with Crippen LogP contribution in [0.1, 0.15) is 19.8 Å². The largest absolute Gasteiger partial charge is 0.395 e. The molecule has 0 radical (unpaired) electrons. The number of hydrogen-bond donors (Lipinski definition) is 1. The van der Waals surface area contributed by atoms with E-state index < -0.39 is 15.3 Å². The molecule has 1 aliphatic rings. The molecule has 0 aliphatic carbocycles. The van der Waals surface area contributed by atoms with Crippen molar-refractivity contribution in [1.29, 1.82) is 0 Å². The summed E-state index contributed by atoms with van der Waals surface area (Å²) in [6.45, 7) is 3.08. The van der Waals surface area contributed by atoms with Crippen LogP contribution in [0.5, 0.6) is 0 Å². The zero-order valence-corrected chi connectivity index (χ0v) is 11.1. The summed E-state index contributed by atoms with van der Waals surface area (Å²) < 4.78 is 25.4. The quantitative estimate of drug-likeness (QED) is 0.746. The minimum Gasteiger partial charge on any atom is -0.395 e. The Kier molecular flexibility index (Phi) is 4.73. The van der Waals surface area contributed by atoms with Crippen molar-refractivity contribution < 1.29 is 13.5 Å². The van der Waals surface area contributed by atoms with E-state index in [9.17, 15) is 8.42 Å². The van der Waals surface area contributed by atoms with Gasteiger partial charge in [0.15, 0.2) is 0 Å². The molecule has 0 bridgehead atoms. The third-order valence-electron chi connectivity index (χ3n) is 3.37. The second-order valence-electron chi connectivity index (χ2n) is 4.59. The van der Waals surface area contributed by atoms with Crippen LogP contribution in [-0.2, 0) is 10.0 Å². The van der Waals surface area contributed by atoms with Gasteiger partial charge in [-0.2, -0.15) is 0 Å². The fourth-order valence-corrected chi connectivity index (χ4v) is 3.33. The number of hydrogen-bond acceptors (Lipinski definition) is 4. The van der Waals surface area contributed by atoms with Crippen molar-refractivity contribution in [3.05, 3.63) is 0 Å². The van der Waals surface area contributed by atoms with Gasteiger partial charge in [0.1, 0.15) is 0 Å². The van der Waals surface area contributed by atoms with E-state index >= 15 is 0 Å². The average molecular weight is 250 g/mol. The molecule has 1 saturated heterocycles. The molecule has 0 saturated carbocycles. The smallest absolute Gasteiger partial charge is 0.218 e. The van der Waals surface area contributed by atoms with E-state index in [0.29, 0.717) is 0 Å². The van der Waals surface area contributed by atoms with Crippen LogP contribution in [-0.4, -0.2) is 67.8 Å². The van der Waals surface area contributed by atoms with Crippen LogP contribution in [0.4, 0.5) is 0 Å². The zero-order valence-electron chi connectivity index (χ0n) is 10.3. The van der Waals surface area contributed by atoms with Gasteiger partial charge >= 0.3 is 0 Å². The summed E-state index contributed by atoms with van der Waals surface area (Å²) in [5, 5.41) is 8.23. The Labute approximate surface area is 98.1 Å². The molecule has 96 valence electrons. The first kappa shape index (κ1) is 13.9. The molecular weight excluding hydrogens is 228 g/mol. The van der Waals surface area contributed by atoms with Crippen LogP contribution < -0.4 is 0 Å². The summed E-state index contributed by atoms with van der Waals surface area (Å²) in [7, 11) is 0.324. The van der Waals surface area contributed by atoms with Gasteiger partial charge in [0, 0.05) is 13.1 Å². The molecule has 1 heterocycles. The molecule has 5 nitrogen and oxygen atoms in total. The fraction of sp³-hybridized carbons (Fsp3) is 1.00. The van der Waals surface area contributed by atoms with E-state index in [0.717, 1.165) is 25.9 Å². The molecule has 6 heteroatoms. The maximum Gasteiger partial charge on any atom is 0.218 e. The number of piperidine rings is 1. The summed E-state index contributed by atoms with van der Waals surface area (Å²) in [6, 6.07) is 0.0789. The van der Waals surface area contributed by atoms with Crippen LogP contribution >= 0.6 is 0 Å². The molecule has 0 aromatic rings. The molecule has 1 atom stereocenters. The summed E-state index contributed by atoms with van der Waals surface area (Å²) in [4.78, 5) is 2.20. The average Bonchev–Trinajstić information content (AvgIpc) is 2.28. The monoisotopic (exact) mass is 250 g/mol. The zero-order chi connectivity index (χ0) is 12.3. The standard InChI is InChI=1S/C10H22N2O3S/c1-9(8-13)16(14,15)12(3)10-4-6-11(2)7-5-10/h9-10,13H,4-8H2,1-3H3. The molecule has 0 amide bonds. The van der Waals surface area contributed by atoms with E-state index in [2.05, 4.69) is 4.90 Å². The normalized spacial score (nSPS) is 22.6. The Balaban J connectivity index is 2.67. The Morgan fingerprint density at radius 3 is 2.38 bits per heavy atom. The molecule has 1 N–H and O–H groups in total. The first-order chi connectivity index (χ1) is 7.39. The second kappa shape index (κ2) is 5.44. The summed E-state index contributed by atoms with van der Waals surface area (Å²) in [5.41, 5.74) is 0. The first-order valence-corrected chi connectivity index (χ1v) is 7.16. The molecular formula is C10H22N2O3S. The topological polar surface area (TPSA) is 60.9 Å². The Morgan fingerprint density at radius 2 is 1.94 bits per heavy atom. The third-order valence-corrected chi connectivity index (χ3v) is 5.64. The van der Waals surface area contributed by atoms with E-state index in [-0.39, 0.29) is 12.6 Å². The van der Waals surface area contributed by atoms with E-state index in [4.69, 9.17) is 5.11 Å². The van der Waals surface area contributed by atoms with Crippen molar-refractivity contribution in [3.8, 4) is 0 Å². The molecule has 0 spiro atoms. The highest BCUT2D eigenvalue weighted by molar-refractivity contribution is 7.89. The second-order valence-corrected chi connectivity index (χ2v) is 7.00. The van der Waals surface area contributed by atoms with Gasteiger partial charge in [-0.3, -0.25) is 0 Å². The lowest BCUT2D eigenvalue weighted by Gasteiger charge is -2.35. The van der Waals surface area contributed by atoms with Crippen LogP contribution in [0.3, 0.4) is 0 Å². The van der Waals surface area contributed by atoms with Crippen molar-refractivity contribution in [2.75, 3.05) is 33.8 Å². The lowest BCUT2D eigenvalue weighted by atomic mass is 10.1. The number of nitrogens with zero attached hydrogens (tertiary/aromatic N) is 2. The molecule has 1 fully saturated rings. The van der Waals surface area contributed by atoms with Gasteiger partial charge in [-0.15, -0.1) is 0 Å². The minimum atomic E-state index is -3.34. The predicted molar refractivity (Wildman–Crippen MR) is 63.7 cm³/mol. The highest BCUT2D eigenvalue weighted by Gasteiger charge is 2.32. The molecule has 0 aromatic heterocycles. The van der Waals surface area contributed by atoms with E-state index in [1.54, 1.807) is 14.0 Å². The van der Waals surface area contributed by atoms with Crippen LogP contribution in [0.2, 0.25) is 0 Å². The van der Waals surface area contributed by atoms with Gasteiger partial charge in [-0.05, 0) is 39.9 Å². The van der Waals surface area contributed by atoms with Crippen molar-refractivity contribution >= 4 is 10.0 Å².